The van der Waals surface area contributed by atoms with E-state index < -0.39 is 97.5 Å². The lowest BCUT2D eigenvalue weighted by Gasteiger charge is -2.21. The van der Waals surface area contributed by atoms with E-state index in [1.807, 2.05) is 0 Å². The van der Waals surface area contributed by atoms with E-state index in [-0.39, 0.29) is 25.7 Å². The molecule has 0 amide bonds. The zero-order valence-electron chi connectivity index (χ0n) is 59.7. The molecule has 0 radical (unpaired) electrons. The van der Waals surface area contributed by atoms with Gasteiger partial charge in [0.05, 0.1) is 26.4 Å². The molecule has 0 saturated carbocycles. The van der Waals surface area contributed by atoms with Crippen molar-refractivity contribution in [2.45, 2.75) is 400 Å². The number of esters is 4. The molecule has 92 heavy (non-hydrogen) atoms. The minimum atomic E-state index is -4.95. The van der Waals surface area contributed by atoms with Gasteiger partial charge in [-0.25, -0.2) is 9.13 Å². The highest BCUT2D eigenvalue weighted by Gasteiger charge is 2.30. The van der Waals surface area contributed by atoms with Gasteiger partial charge in [0.15, 0.2) is 12.2 Å². The molecule has 2 unspecified atom stereocenters. The lowest BCUT2D eigenvalue weighted by molar-refractivity contribution is -0.161. The average molecular weight is 1350 g/mol. The maximum absolute atomic E-state index is 13.1. The Hall–Kier alpha value is -1.94. The van der Waals surface area contributed by atoms with Gasteiger partial charge in [-0.15, -0.1) is 0 Å². The number of aliphatic hydroxyl groups is 1. The minimum Gasteiger partial charge on any atom is -0.462 e. The van der Waals surface area contributed by atoms with Gasteiger partial charge < -0.3 is 33.8 Å². The van der Waals surface area contributed by atoms with Crippen LogP contribution in [0.5, 0.6) is 0 Å². The minimum absolute atomic E-state index is 0.107. The first-order valence-corrected chi connectivity index (χ1v) is 41.1. The molecule has 0 aliphatic heterocycles. The molecule has 0 aromatic carbocycles. The fourth-order valence-corrected chi connectivity index (χ4v) is 12.8. The number of unbranched alkanes of at least 4 members (excludes halogenated alkanes) is 45. The third kappa shape index (κ3) is 66.7. The van der Waals surface area contributed by atoms with Gasteiger partial charge in [-0.1, -0.05) is 330 Å². The van der Waals surface area contributed by atoms with Crippen LogP contribution in [0.2, 0.25) is 0 Å². The van der Waals surface area contributed by atoms with Gasteiger partial charge in [0, 0.05) is 25.7 Å². The summed E-state index contributed by atoms with van der Waals surface area (Å²) in [6.07, 6.45) is 54.2. The first-order valence-electron chi connectivity index (χ1n) is 38.1. The van der Waals surface area contributed by atoms with E-state index in [1.165, 1.54) is 193 Å². The van der Waals surface area contributed by atoms with Crippen molar-refractivity contribution in [1.82, 2.24) is 0 Å². The molecule has 546 valence electrons. The topological polar surface area (TPSA) is 237 Å². The highest BCUT2D eigenvalue weighted by Crippen LogP contribution is 2.45. The summed E-state index contributed by atoms with van der Waals surface area (Å²) >= 11 is 0. The quantitative estimate of drug-likeness (QED) is 0.0222. The highest BCUT2D eigenvalue weighted by atomic mass is 31.2. The summed E-state index contributed by atoms with van der Waals surface area (Å²) in [7, 11) is -9.90. The number of aliphatic hydroxyl groups excluding tert-OH is 1. The van der Waals surface area contributed by atoms with Crippen molar-refractivity contribution in [2.24, 2.45) is 5.92 Å². The lowest BCUT2D eigenvalue weighted by Crippen LogP contribution is -2.30. The van der Waals surface area contributed by atoms with Crippen LogP contribution in [0.25, 0.3) is 0 Å². The number of carbonyl (C=O) groups excluding carboxylic acids is 4. The third-order valence-electron chi connectivity index (χ3n) is 17.0. The Labute approximate surface area is 562 Å². The van der Waals surface area contributed by atoms with Gasteiger partial charge in [0.25, 0.3) is 0 Å². The maximum Gasteiger partial charge on any atom is 0.472 e. The predicted molar refractivity (Wildman–Crippen MR) is 372 cm³/mol. The molecule has 0 heterocycles. The van der Waals surface area contributed by atoms with Gasteiger partial charge in [0.1, 0.15) is 19.3 Å². The summed E-state index contributed by atoms with van der Waals surface area (Å²) in [5.41, 5.74) is 0. The van der Waals surface area contributed by atoms with Crippen molar-refractivity contribution in [2.75, 3.05) is 39.6 Å². The molecule has 0 aliphatic carbocycles. The second-order valence-corrected chi connectivity index (χ2v) is 29.7. The molecule has 5 atom stereocenters. The van der Waals surface area contributed by atoms with Crippen LogP contribution < -0.4 is 0 Å². The summed E-state index contributed by atoms with van der Waals surface area (Å²) < 4.78 is 68.3. The van der Waals surface area contributed by atoms with E-state index in [0.29, 0.717) is 25.7 Å². The van der Waals surface area contributed by atoms with E-state index in [4.69, 9.17) is 37.0 Å². The zero-order valence-corrected chi connectivity index (χ0v) is 61.5. The van der Waals surface area contributed by atoms with Crippen molar-refractivity contribution in [3.63, 3.8) is 0 Å². The summed E-state index contributed by atoms with van der Waals surface area (Å²) in [4.78, 5) is 72.5. The molecule has 0 aromatic heterocycles. The lowest BCUT2D eigenvalue weighted by atomic mass is 10.0. The van der Waals surface area contributed by atoms with Crippen LogP contribution in [-0.4, -0.2) is 96.7 Å². The molecule has 0 aliphatic rings. The van der Waals surface area contributed by atoms with Crippen LogP contribution in [0, 0.1) is 5.92 Å². The van der Waals surface area contributed by atoms with Crippen molar-refractivity contribution < 1.29 is 80.2 Å². The van der Waals surface area contributed by atoms with Gasteiger partial charge in [-0.05, 0) is 31.6 Å². The number of phosphoric acid groups is 2. The third-order valence-corrected chi connectivity index (χ3v) is 18.9. The molecule has 17 nitrogen and oxygen atoms in total. The van der Waals surface area contributed by atoms with Crippen LogP contribution in [0.4, 0.5) is 0 Å². The molecule has 0 fully saturated rings. The smallest absolute Gasteiger partial charge is 0.462 e. The number of hydrogen-bond donors (Lipinski definition) is 3. The van der Waals surface area contributed by atoms with Crippen LogP contribution in [-0.2, 0) is 65.4 Å². The largest absolute Gasteiger partial charge is 0.472 e. The summed E-state index contributed by atoms with van der Waals surface area (Å²) in [6.45, 7) is 7.25. The molecule has 0 rings (SSSR count). The first kappa shape index (κ1) is 90.1. The Morgan fingerprint density at radius 1 is 0.293 bits per heavy atom. The summed E-state index contributed by atoms with van der Waals surface area (Å²) in [5, 5.41) is 10.6. The van der Waals surface area contributed by atoms with Crippen molar-refractivity contribution in [3.05, 3.63) is 0 Å². The molecular formula is C73H142O17P2. The first-order chi connectivity index (χ1) is 44.5. The maximum atomic E-state index is 13.1. The van der Waals surface area contributed by atoms with Gasteiger partial charge in [-0.3, -0.25) is 37.3 Å². The molecule has 3 N–H and O–H groups in total. The average Bonchev–Trinajstić information content (AvgIpc) is 2.10. The van der Waals surface area contributed by atoms with E-state index in [1.54, 1.807) is 0 Å². The Morgan fingerprint density at radius 3 is 0.739 bits per heavy atom. The Kier molecular flexibility index (Phi) is 64.9. The summed E-state index contributed by atoms with van der Waals surface area (Å²) in [5.74, 6) is -1.33. The van der Waals surface area contributed by atoms with Crippen LogP contribution in [0.1, 0.15) is 381 Å². The second kappa shape index (κ2) is 66.3. The van der Waals surface area contributed by atoms with E-state index >= 15 is 0 Å². The molecule has 19 heteroatoms. The second-order valence-electron chi connectivity index (χ2n) is 26.8. The number of phosphoric ester groups is 2. The van der Waals surface area contributed by atoms with Crippen molar-refractivity contribution in [1.29, 1.82) is 0 Å². The van der Waals surface area contributed by atoms with Crippen LogP contribution in [0.3, 0.4) is 0 Å². The van der Waals surface area contributed by atoms with E-state index in [2.05, 4.69) is 34.6 Å². The zero-order chi connectivity index (χ0) is 67.7. The molecular weight excluding hydrogens is 1210 g/mol. The molecule has 0 saturated heterocycles. The van der Waals surface area contributed by atoms with Crippen molar-refractivity contribution in [3.8, 4) is 0 Å². The van der Waals surface area contributed by atoms with E-state index in [0.717, 1.165) is 109 Å². The van der Waals surface area contributed by atoms with Gasteiger partial charge >= 0.3 is 39.5 Å². The standard InChI is InChI=1S/C73H142O17P2/c1-6-9-12-15-18-20-22-23-24-25-26-30-34-37-42-47-52-57-71(76)84-63-69(90-73(78)59-54-49-44-39-35-31-28-27-29-33-36-41-45-50-55-66(4)5)65-88-92(81,82)86-61-67(74)60-85-91(79,80)87-64-68(62-83-70(75)56-51-46-40-17-14-11-8-3)89-72(77)58-53-48-43-38-32-21-19-16-13-10-7-2/h66-69,74H,6-65H2,1-5H3,(H,79,80)(H,81,82)/t67-,68+,69+/m0/s1. The van der Waals surface area contributed by atoms with Gasteiger partial charge in [-0.2, -0.15) is 0 Å². The van der Waals surface area contributed by atoms with Crippen LogP contribution >= 0.6 is 15.6 Å². The highest BCUT2D eigenvalue weighted by molar-refractivity contribution is 7.47. The Bertz CT molecular complexity index is 1770. The Morgan fingerprint density at radius 2 is 0.500 bits per heavy atom. The molecule has 0 aromatic rings. The predicted octanol–water partition coefficient (Wildman–Crippen LogP) is 21.3. The summed E-state index contributed by atoms with van der Waals surface area (Å²) in [6, 6.07) is 0. The fraction of sp³-hybridized carbons (Fsp3) is 0.945. The van der Waals surface area contributed by atoms with Crippen LogP contribution in [0.15, 0.2) is 0 Å². The number of carbonyl (C=O) groups is 4. The molecule has 0 bridgehead atoms. The number of ether oxygens (including phenoxy) is 4. The normalized spacial score (nSPS) is 14.0. The number of hydrogen-bond acceptors (Lipinski definition) is 15. The fourth-order valence-electron chi connectivity index (χ4n) is 11.2. The number of rotatable bonds is 73. The van der Waals surface area contributed by atoms with E-state index in [9.17, 15) is 43.2 Å². The SMILES string of the molecule is CCCCCCCCCCCCCCCCCCCC(=O)OC[C@H](COP(=O)(O)OC[C@@H](O)COP(=O)(O)OC[C@@H](COC(=O)CCCCCCCCC)OC(=O)CCCCCCCCCCCCC)OC(=O)CCCCCCCCCCCCCCCCC(C)C. The van der Waals surface area contributed by atoms with Crippen molar-refractivity contribution >= 4 is 39.5 Å². The monoisotopic (exact) mass is 1350 g/mol. The van der Waals surface area contributed by atoms with Gasteiger partial charge in [0.2, 0.25) is 0 Å². The Balaban J connectivity index is 5.19. The molecule has 0 spiro atoms.